The van der Waals surface area contributed by atoms with Crippen LogP contribution in [-0.4, -0.2) is 29.6 Å². The molecule has 7 heteroatoms. The summed E-state index contributed by atoms with van der Waals surface area (Å²) in [5.41, 5.74) is 9.32. The molecular formula is C23H27ClFN3O2. The minimum atomic E-state index is -0.293. The number of amides is 1. The van der Waals surface area contributed by atoms with Gasteiger partial charge >= 0.3 is 0 Å². The molecule has 30 heavy (non-hydrogen) atoms. The smallest absolute Gasteiger partial charge is 0.253 e. The molecule has 0 fully saturated rings. The van der Waals surface area contributed by atoms with E-state index in [0.717, 1.165) is 37.0 Å². The first-order chi connectivity index (χ1) is 13.9. The van der Waals surface area contributed by atoms with Crippen LogP contribution in [0.2, 0.25) is 0 Å². The predicted octanol–water partition coefficient (Wildman–Crippen LogP) is 5.28. The number of carbonyl (C=O) groups is 1. The van der Waals surface area contributed by atoms with E-state index >= 15 is 0 Å². The van der Waals surface area contributed by atoms with Crippen LogP contribution in [0.15, 0.2) is 53.1 Å². The van der Waals surface area contributed by atoms with Gasteiger partial charge in [0.05, 0.1) is 0 Å². The molecule has 2 aromatic carbocycles. The van der Waals surface area contributed by atoms with Gasteiger partial charge in [-0.25, -0.2) is 4.39 Å². The van der Waals surface area contributed by atoms with Crippen molar-refractivity contribution in [1.29, 1.82) is 0 Å². The fourth-order valence-electron chi connectivity index (χ4n) is 3.22. The molecule has 3 rings (SSSR count). The van der Waals surface area contributed by atoms with E-state index in [2.05, 4.69) is 5.16 Å². The van der Waals surface area contributed by atoms with E-state index in [1.807, 2.05) is 26.1 Å². The van der Waals surface area contributed by atoms with Gasteiger partial charge in [0.15, 0.2) is 0 Å². The van der Waals surface area contributed by atoms with E-state index in [1.165, 1.54) is 12.1 Å². The fourth-order valence-corrected chi connectivity index (χ4v) is 3.22. The lowest BCUT2D eigenvalue weighted by molar-refractivity contribution is 0.0792. The second-order valence-electron chi connectivity index (χ2n) is 7.30. The highest BCUT2D eigenvalue weighted by Gasteiger charge is 2.14. The topological polar surface area (TPSA) is 72.4 Å². The summed E-state index contributed by atoms with van der Waals surface area (Å²) in [5, 5.41) is 4.02. The number of hydrogen-bond donors (Lipinski definition) is 1. The third-order valence-electron chi connectivity index (χ3n) is 4.93. The lowest BCUT2D eigenvalue weighted by Crippen LogP contribution is -2.28. The molecule has 0 aliphatic carbocycles. The molecule has 0 unspecified atom stereocenters. The molecule has 2 N–H and O–H groups in total. The Kier molecular flexibility index (Phi) is 8.42. The Labute approximate surface area is 182 Å². The summed E-state index contributed by atoms with van der Waals surface area (Å²) in [5.74, 6) is 0.480. The molecule has 0 saturated heterocycles. The summed E-state index contributed by atoms with van der Waals surface area (Å²) in [6.07, 6.45) is 3.55. The molecular weight excluding hydrogens is 405 g/mol. The average molecular weight is 432 g/mol. The van der Waals surface area contributed by atoms with Crippen molar-refractivity contribution in [2.75, 3.05) is 19.3 Å². The number of hydrogen-bond acceptors (Lipinski definition) is 4. The zero-order chi connectivity index (χ0) is 20.8. The van der Waals surface area contributed by atoms with Gasteiger partial charge in [0.25, 0.3) is 5.91 Å². The van der Waals surface area contributed by atoms with Gasteiger partial charge in [-0.15, -0.1) is 12.4 Å². The van der Waals surface area contributed by atoms with E-state index in [0.29, 0.717) is 29.1 Å². The van der Waals surface area contributed by atoms with Gasteiger partial charge in [0, 0.05) is 42.9 Å². The molecule has 0 bridgehead atoms. The summed E-state index contributed by atoms with van der Waals surface area (Å²) in [4.78, 5) is 14.3. The summed E-state index contributed by atoms with van der Waals surface area (Å²) in [7, 11) is 1.81. The van der Waals surface area contributed by atoms with Crippen LogP contribution in [0.4, 0.5) is 10.1 Å². The van der Waals surface area contributed by atoms with E-state index in [1.54, 1.807) is 29.2 Å². The highest BCUT2D eigenvalue weighted by atomic mass is 35.5. The molecule has 1 heterocycles. The van der Waals surface area contributed by atoms with Crippen molar-refractivity contribution < 1.29 is 13.7 Å². The average Bonchev–Trinajstić information content (AvgIpc) is 3.18. The van der Waals surface area contributed by atoms with Crippen molar-refractivity contribution in [3.05, 3.63) is 71.2 Å². The molecule has 3 aromatic rings. The first-order valence-electron chi connectivity index (χ1n) is 9.77. The number of nitrogens with two attached hydrogens (primary N) is 1. The number of unbranched alkanes of at least 4 members (excludes halogenated alkanes) is 2. The number of aryl methyl sites for hydroxylation is 2. The number of nitrogens with zero attached hydrogens (tertiary/aromatic N) is 2. The zero-order valence-corrected chi connectivity index (χ0v) is 18.0. The molecule has 1 amide bonds. The van der Waals surface area contributed by atoms with E-state index in [9.17, 15) is 9.18 Å². The monoisotopic (exact) mass is 431 g/mol. The summed E-state index contributed by atoms with van der Waals surface area (Å²) in [6.45, 7) is 2.59. The number of anilines is 1. The Hall–Kier alpha value is -2.86. The Balaban J connectivity index is 0.00000320. The lowest BCUT2D eigenvalue weighted by Gasteiger charge is -2.18. The molecule has 0 atom stereocenters. The number of benzene rings is 2. The van der Waals surface area contributed by atoms with Gasteiger partial charge in [-0.05, 0) is 49.6 Å². The fraction of sp³-hybridized carbons (Fsp3) is 0.304. The van der Waals surface area contributed by atoms with Gasteiger partial charge < -0.3 is 15.2 Å². The van der Waals surface area contributed by atoms with Crippen LogP contribution in [0, 0.1) is 12.7 Å². The van der Waals surface area contributed by atoms with Gasteiger partial charge in [0.1, 0.15) is 17.3 Å². The van der Waals surface area contributed by atoms with Crippen molar-refractivity contribution in [2.24, 2.45) is 0 Å². The summed E-state index contributed by atoms with van der Waals surface area (Å²) in [6, 6.07) is 13.6. The first kappa shape index (κ1) is 23.4. The van der Waals surface area contributed by atoms with Crippen LogP contribution < -0.4 is 5.73 Å². The zero-order valence-electron chi connectivity index (χ0n) is 17.2. The highest BCUT2D eigenvalue weighted by molar-refractivity contribution is 5.96. The Morgan fingerprint density at radius 1 is 1.13 bits per heavy atom. The minimum Gasteiger partial charge on any atom is -0.399 e. The van der Waals surface area contributed by atoms with Crippen molar-refractivity contribution in [1.82, 2.24) is 10.1 Å². The second-order valence-corrected chi connectivity index (χ2v) is 7.30. The van der Waals surface area contributed by atoms with Crippen LogP contribution in [0.25, 0.3) is 11.3 Å². The normalized spacial score (nSPS) is 10.5. The number of nitrogen functional groups attached to an aromatic ring is 1. The summed E-state index contributed by atoms with van der Waals surface area (Å²) < 4.78 is 18.7. The number of aromatic nitrogens is 1. The molecule has 160 valence electrons. The van der Waals surface area contributed by atoms with Gasteiger partial charge in [-0.3, -0.25) is 4.79 Å². The van der Waals surface area contributed by atoms with Crippen LogP contribution >= 0.6 is 12.4 Å². The second kappa shape index (κ2) is 10.8. The van der Waals surface area contributed by atoms with Crippen molar-refractivity contribution in [3.8, 4) is 11.3 Å². The standard InChI is InChI=1S/C23H26FN3O2.ClH/c1-16-10-11-19(25)14-21(16)23(28)27(2)12-5-3-4-9-20-15-22(26-29-20)17-7-6-8-18(24)13-17;/h6-8,10-11,13-15H,3-5,9,12,25H2,1-2H3;1H. The van der Waals surface area contributed by atoms with Crippen molar-refractivity contribution in [2.45, 2.75) is 32.6 Å². The van der Waals surface area contributed by atoms with E-state index in [4.69, 9.17) is 10.3 Å². The maximum atomic E-state index is 13.3. The number of rotatable bonds is 8. The third-order valence-corrected chi connectivity index (χ3v) is 4.93. The Morgan fingerprint density at radius 3 is 2.70 bits per heavy atom. The van der Waals surface area contributed by atoms with Crippen LogP contribution in [-0.2, 0) is 6.42 Å². The number of halogens is 2. The van der Waals surface area contributed by atoms with E-state index in [-0.39, 0.29) is 24.1 Å². The van der Waals surface area contributed by atoms with Crippen LogP contribution in [0.1, 0.15) is 40.9 Å². The molecule has 1 aromatic heterocycles. The minimum absolute atomic E-state index is 0. The number of carbonyl (C=O) groups excluding carboxylic acids is 1. The van der Waals surface area contributed by atoms with Gasteiger partial charge in [-0.1, -0.05) is 29.8 Å². The molecule has 0 aliphatic rings. The quantitative estimate of drug-likeness (QED) is 0.389. The SMILES string of the molecule is Cc1ccc(N)cc1C(=O)N(C)CCCCCc1cc(-c2cccc(F)c2)no1.Cl. The van der Waals surface area contributed by atoms with Crippen LogP contribution in [0.3, 0.4) is 0 Å². The molecule has 0 aliphatic heterocycles. The highest BCUT2D eigenvalue weighted by Crippen LogP contribution is 2.21. The maximum absolute atomic E-state index is 13.3. The third kappa shape index (κ3) is 6.07. The Bertz CT molecular complexity index is 990. The molecule has 0 radical (unpaired) electrons. The van der Waals surface area contributed by atoms with E-state index < -0.39 is 0 Å². The van der Waals surface area contributed by atoms with Crippen LogP contribution in [0.5, 0.6) is 0 Å². The van der Waals surface area contributed by atoms with Gasteiger partial charge in [-0.2, -0.15) is 0 Å². The lowest BCUT2D eigenvalue weighted by atomic mass is 10.1. The summed E-state index contributed by atoms with van der Waals surface area (Å²) >= 11 is 0. The molecule has 0 spiro atoms. The van der Waals surface area contributed by atoms with Crippen molar-refractivity contribution >= 4 is 24.0 Å². The molecule has 0 saturated carbocycles. The largest absolute Gasteiger partial charge is 0.399 e. The first-order valence-corrected chi connectivity index (χ1v) is 9.77. The Morgan fingerprint density at radius 2 is 1.93 bits per heavy atom. The predicted molar refractivity (Wildman–Crippen MR) is 119 cm³/mol. The van der Waals surface area contributed by atoms with Crippen molar-refractivity contribution in [3.63, 3.8) is 0 Å². The van der Waals surface area contributed by atoms with Gasteiger partial charge in [0.2, 0.25) is 0 Å². The maximum Gasteiger partial charge on any atom is 0.253 e. The molecule has 5 nitrogen and oxygen atoms in total.